The molecule has 0 radical (unpaired) electrons. The maximum atomic E-state index is 4.37. The number of hydrogen-bond acceptors (Lipinski definition) is 3. The van der Waals surface area contributed by atoms with Crippen LogP contribution < -0.4 is 5.32 Å². The van der Waals surface area contributed by atoms with Gasteiger partial charge < -0.3 is 5.32 Å². The molecule has 1 saturated carbocycles. The molecule has 94 valence electrons. The molecule has 1 aromatic heterocycles. The van der Waals surface area contributed by atoms with Gasteiger partial charge in [-0.2, -0.15) is 0 Å². The lowest BCUT2D eigenvalue weighted by Crippen LogP contribution is -2.31. The van der Waals surface area contributed by atoms with E-state index in [1.165, 1.54) is 44.9 Å². The van der Waals surface area contributed by atoms with Crippen LogP contribution in [0.4, 0.5) is 0 Å². The normalized spacial score (nSPS) is 17.0. The minimum Gasteiger partial charge on any atom is -0.305 e. The first-order chi connectivity index (χ1) is 8.37. The summed E-state index contributed by atoms with van der Waals surface area (Å²) in [5.74, 6) is 0.980. The molecule has 0 bridgehead atoms. The van der Waals surface area contributed by atoms with Crippen molar-refractivity contribution in [3.05, 3.63) is 24.3 Å². The van der Waals surface area contributed by atoms with Gasteiger partial charge in [0.25, 0.3) is 0 Å². The predicted molar refractivity (Wildman–Crippen MR) is 69.7 cm³/mol. The largest absolute Gasteiger partial charge is 0.305 e. The zero-order valence-electron chi connectivity index (χ0n) is 10.8. The lowest BCUT2D eigenvalue weighted by molar-refractivity contribution is 0.472. The second kappa shape index (κ2) is 6.10. The summed E-state index contributed by atoms with van der Waals surface area (Å²) in [6.07, 6.45) is 12.7. The van der Waals surface area contributed by atoms with Gasteiger partial charge in [-0.05, 0) is 31.9 Å². The highest BCUT2D eigenvalue weighted by atomic mass is 15.1. The highest BCUT2D eigenvalue weighted by molar-refractivity contribution is 5.15. The van der Waals surface area contributed by atoms with E-state index in [4.69, 9.17) is 0 Å². The molecule has 3 heteroatoms. The number of rotatable bonds is 8. The Labute approximate surface area is 104 Å². The van der Waals surface area contributed by atoms with Crippen LogP contribution in [0.1, 0.15) is 57.7 Å². The first-order valence-corrected chi connectivity index (χ1v) is 6.90. The van der Waals surface area contributed by atoms with Crippen molar-refractivity contribution >= 4 is 0 Å². The Balaban J connectivity index is 1.69. The fourth-order valence-corrected chi connectivity index (χ4v) is 2.21. The SMILES string of the molecule is CCCCCCCNC1(c2ncccn2)CC1. The molecule has 2 rings (SSSR count). The molecule has 0 aromatic carbocycles. The standard InChI is InChI=1S/C14H23N3/c1-2-3-4-5-6-12-17-14(8-9-14)13-15-10-7-11-16-13/h7,10-11,17H,2-6,8-9,12H2,1H3. The third-order valence-electron chi connectivity index (χ3n) is 3.49. The molecule has 0 amide bonds. The summed E-state index contributed by atoms with van der Waals surface area (Å²) in [6.45, 7) is 3.35. The molecule has 1 fully saturated rings. The van der Waals surface area contributed by atoms with Crippen molar-refractivity contribution in [1.82, 2.24) is 15.3 Å². The Morgan fingerprint density at radius 3 is 2.47 bits per heavy atom. The molecule has 1 aromatic rings. The van der Waals surface area contributed by atoms with Gasteiger partial charge in [0.05, 0.1) is 5.54 Å². The number of nitrogens with one attached hydrogen (secondary N) is 1. The Morgan fingerprint density at radius 1 is 1.12 bits per heavy atom. The maximum absolute atomic E-state index is 4.37. The van der Waals surface area contributed by atoms with Crippen molar-refractivity contribution in [2.24, 2.45) is 0 Å². The zero-order chi connectivity index (χ0) is 12.0. The van der Waals surface area contributed by atoms with E-state index < -0.39 is 0 Å². The van der Waals surface area contributed by atoms with Gasteiger partial charge in [-0.15, -0.1) is 0 Å². The molecule has 17 heavy (non-hydrogen) atoms. The van der Waals surface area contributed by atoms with E-state index in [0.717, 1.165) is 12.4 Å². The summed E-state index contributed by atoms with van der Waals surface area (Å²) in [5, 5.41) is 3.64. The lowest BCUT2D eigenvalue weighted by Gasteiger charge is -2.15. The predicted octanol–water partition coefficient (Wildman–Crippen LogP) is 3.03. The zero-order valence-corrected chi connectivity index (χ0v) is 10.8. The molecule has 0 aliphatic heterocycles. The van der Waals surface area contributed by atoms with Crippen molar-refractivity contribution in [2.45, 2.75) is 57.4 Å². The molecule has 3 nitrogen and oxygen atoms in total. The summed E-state index contributed by atoms with van der Waals surface area (Å²) in [6, 6.07) is 1.88. The van der Waals surface area contributed by atoms with Crippen molar-refractivity contribution < 1.29 is 0 Å². The van der Waals surface area contributed by atoms with Gasteiger partial charge in [0, 0.05) is 12.4 Å². The van der Waals surface area contributed by atoms with Crippen LogP contribution in [0.25, 0.3) is 0 Å². The molecule has 0 saturated heterocycles. The number of unbranched alkanes of at least 4 members (excludes halogenated alkanes) is 4. The van der Waals surface area contributed by atoms with Gasteiger partial charge in [0.1, 0.15) is 5.82 Å². The van der Waals surface area contributed by atoms with Crippen molar-refractivity contribution in [3.8, 4) is 0 Å². The highest BCUT2D eigenvalue weighted by Gasteiger charge is 2.46. The van der Waals surface area contributed by atoms with Crippen LogP contribution in [-0.4, -0.2) is 16.5 Å². The van der Waals surface area contributed by atoms with Crippen molar-refractivity contribution in [3.63, 3.8) is 0 Å². The van der Waals surface area contributed by atoms with Gasteiger partial charge in [-0.25, -0.2) is 9.97 Å². The van der Waals surface area contributed by atoms with Gasteiger partial charge in [0.15, 0.2) is 0 Å². The summed E-state index contributed by atoms with van der Waals surface area (Å²) in [5.41, 5.74) is 0.117. The Kier molecular flexibility index (Phi) is 4.49. The van der Waals surface area contributed by atoms with Crippen molar-refractivity contribution in [2.75, 3.05) is 6.54 Å². The quantitative estimate of drug-likeness (QED) is 0.701. The first-order valence-electron chi connectivity index (χ1n) is 6.90. The minimum atomic E-state index is 0.117. The Bertz CT molecular complexity index is 319. The van der Waals surface area contributed by atoms with Crippen LogP contribution in [0, 0.1) is 0 Å². The van der Waals surface area contributed by atoms with E-state index in [0.29, 0.717) is 0 Å². The average Bonchev–Trinajstić information content (AvgIpc) is 3.16. The second-order valence-corrected chi connectivity index (χ2v) is 5.00. The van der Waals surface area contributed by atoms with Gasteiger partial charge in [-0.1, -0.05) is 32.6 Å². The number of aromatic nitrogens is 2. The van der Waals surface area contributed by atoms with E-state index in [1.807, 2.05) is 18.5 Å². The van der Waals surface area contributed by atoms with Crippen LogP contribution in [0.2, 0.25) is 0 Å². The third kappa shape index (κ3) is 3.50. The fourth-order valence-electron chi connectivity index (χ4n) is 2.21. The van der Waals surface area contributed by atoms with Gasteiger partial charge in [-0.3, -0.25) is 0 Å². The monoisotopic (exact) mass is 233 g/mol. The van der Waals surface area contributed by atoms with Crippen LogP contribution in [0.3, 0.4) is 0 Å². The molecule has 0 atom stereocenters. The van der Waals surface area contributed by atoms with E-state index in [9.17, 15) is 0 Å². The molecule has 1 aliphatic carbocycles. The molecule has 1 N–H and O–H groups in total. The second-order valence-electron chi connectivity index (χ2n) is 5.00. The average molecular weight is 233 g/mol. The van der Waals surface area contributed by atoms with E-state index in [2.05, 4.69) is 22.2 Å². The van der Waals surface area contributed by atoms with Crippen LogP contribution in [-0.2, 0) is 5.54 Å². The van der Waals surface area contributed by atoms with Crippen LogP contribution >= 0.6 is 0 Å². The first kappa shape index (κ1) is 12.5. The Hall–Kier alpha value is -0.960. The third-order valence-corrected chi connectivity index (χ3v) is 3.49. The Morgan fingerprint density at radius 2 is 1.82 bits per heavy atom. The van der Waals surface area contributed by atoms with Gasteiger partial charge >= 0.3 is 0 Å². The smallest absolute Gasteiger partial charge is 0.148 e. The summed E-state index contributed by atoms with van der Waals surface area (Å²) < 4.78 is 0. The lowest BCUT2D eigenvalue weighted by atomic mass is 10.1. The number of hydrogen-bond donors (Lipinski definition) is 1. The molecular formula is C14H23N3. The highest BCUT2D eigenvalue weighted by Crippen LogP contribution is 2.43. The summed E-state index contributed by atoms with van der Waals surface area (Å²) in [4.78, 5) is 8.74. The summed E-state index contributed by atoms with van der Waals surface area (Å²) in [7, 11) is 0. The summed E-state index contributed by atoms with van der Waals surface area (Å²) >= 11 is 0. The molecule has 0 unspecified atom stereocenters. The van der Waals surface area contributed by atoms with Gasteiger partial charge in [0.2, 0.25) is 0 Å². The molecule has 0 spiro atoms. The molecule has 1 heterocycles. The van der Waals surface area contributed by atoms with E-state index in [1.54, 1.807) is 0 Å². The van der Waals surface area contributed by atoms with Crippen LogP contribution in [0.5, 0.6) is 0 Å². The van der Waals surface area contributed by atoms with E-state index in [-0.39, 0.29) is 5.54 Å². The molecule has 1 aliphatic rings. The van der Waals surface area contributed by atoms with E-state index >= 15 is 0 Å². The van der Waals surface area contributed by atoms with Crippen LogP contribution in [0.15, 0.2) is 18.5 Å². The maximum Gasteiger partial charge on any atom is 0.148 e. The molecular weight excluding hydrogens is 210 g/mol. The fraction of sp³-hybridized carbons (Fsp3) is 0.714. The minimum absolute atomic E-state index is 0.117. The topological polar surface area (TPSA) is 37.8 Å². The number of nitrogens with zero attached hydrogens (tertiary/aromatic N) is 2. The van der Waals surface area contributed by atoms with Crippen molar-refractivity contribution in [1.29, 1.82) is 0 Å².